The second-order valence-corrected chi connectivity index (χ2v) is 5.18. The van der Waals surface area contributed by atoms with E-state index in [1.165, 1.54) is 6.07 Å². The minimum atomic E-state index is -0.643. The van der Waals surface area contributed by atoms with Crippen molar-refractivity contribution in [3.05, 3.63) is 86.1 Å². The Morgan fingerprint density at radius 3 is 2.52 bits per heavy atom. The molecule has 2 aromatic carbocycles. The van der Waals surface area contributed by atoms with Gasteiger partial charge >= 0.3 is 0 Å². The Labute approximate surface area is 141 Å². The predicted octanol–water partition coefficient (Wildman–Crippen LogP) is 3.62. The van der Waals surface area contributed by atoms with Gasteiger partial charge in [-0.2, -0.15) is 0 Å². The number of nitrogens with zero attached hydrogens (tertiary/aromatic N) is 3. The van der Waals surface area contributed by atoms with Crippen molar-refractivity contribution in [1.82, 2.24) is 4.98 Å². The summed E-state index contributed by atoms with van der Waals surface area (Å²) in [7, 11) is 0. The zero-order valence-electron chi connectivity index (χ0n) is 12.7. The highest BCUT2D eigenvalue weighted by Crippen LogP contribution is 2.28. The van der Waals surface area contributed by atoms with Crippen LogP contribution in [0, 0.1) is 20.2 Å². The fraction of sp³-hybridized carbons (Fsp3) is 0. The first-order valence-electron chi connectivity index (χ1n) is 7.15. The van der Waals surface area contributed by atoms with E-state index in [1.54, 1.807) is 18.2 Å². The number of para-hydroxylation sites is 1. The van der Waals surface area contributed by atoms with Crippen molar-refractivity contribution in [2.45, 2.75) is 0 Å². The molecule has 0 fully saturated rings. The fourth-order valence-electron chi connectivity index (χ4n) is 2.35. The third kappa shape index (κ3) is 3.27. The summed E-state index contributed by atoms with van der Waals surface area (Å²) in [6, 6.07) is 13.6. The van der Waals surface area contributed by atoms with E-state index in [2.05, 4.69) is 4.98 Å². The molecule has 0 radical (unpaired) electrons. The molecule has 1 N–H and O–H groups in total. The van der Waals surface area contributed by atoms with E-state index in [-0.39, 0.29) is 28.4 Å². The van der Waals surface area contributed by atoms with Crippen LogP contribution in [-0.4, -0.2) is 19.9 Å². The Kier molecular flexibility index (Phi) is 4.09. The number of non-ortho nitro benzene ring substituents is 1. The maximum absolute atomic E-state index is 11.5. The van der Waals surface area contributed by atoms with Crippen LogP contribution in [0.2, 0.25) is 0 Å². The van der Waals surface area contributed by atoms with E-state index in [1.807, 2.05) is 12.1 Å². The predicted molar refractivity (Wildman–Crippen MR) is 91.4 cm³/mol. The Morgan fingerprint density at radius 2 is 1.80 bits per heavy atom. The Bertz CT molecular complexity index is 1030. The molecule has 8 nitrogen and oxygen atoms in total. The molecule has 3 rings (SSSR count). The molecule has 124 valence electrons. The molecule has 0 saturated heterocycles. The van der Waals surface area contributed by atoms with E-state index >= 15 is 0 Å². The lowest BCUT2D eigenvalue weighted by Crippen LogP contribution is -2.01. The molecule has 0 saturated carbocycles. The number of aromatic hydroxyl groups is 1. The van der Waals surface area contributed by atoms with Crippen LogP contribution in [0.4, 0.5) is 5.69 Å². The number of phenolic OH excluding ortho intramolecular Hbond substituents is 1. The molecule has 0 bridgehead atoms. The zero-order chi connectivity index (χ0) is 18.0. The molecule has 0 amide bonds. The zero-order valence-corrected chi connectivity index (χ0v) is 12.7. The van der Waals surface area contributed by atoms with Gasteiger partial charge in [0.15, 0.2) is 0 Å². The number of aromatic nitrogens is 1. The number of hydrogen-bond donors (Lipinski definition) is 1. The van der Waals surface area contributed by atoms with Gasteiger partial charge in [0.25, 0.3) is 11.4 Å². The first kappa shape index (κ1) is 16.1. The minimum absolute atomic E-state index is 0.0316. The SMILES string of the molecule is O=[N+]([O-])/C(=C\c1cc([N+](=O)[O-])ccc1O)c1ccc2ccccc2n1. The van der Waals surface area contributed by atoms with Gasteiger partial charge in [0.1, 0.15) is 11.4 Å². The maximum Gasteiger partial charge on any atom is 0.295 e. The summed E-state index contributed by atoms with van der Waals surface area (Å²) < 4.78 is 0. The van der Waals surface area contributed by atoms with Crippen LogP contribution >= 0.6 is 0 Å². The number of benzene rings is 2. The van der Waals surface area contributed by atoms with Gasteiger partial charge < -0.3 is 5.11 Å². The van der Waals surface area contributed by atoms with Crippen molar-refractivity contribution in [1.29, 1.82) is 0 Å². The second kappa shape index (κ2) is 6.36. The van der Waals surface area contributed by atoms with Gasteiger partial charge in [-0.1, -0.05) is 24.3 Å². The summed E-state index contributed by atoms with van der Waals surface area (Å²) in [6.07, 6.45) is 1.07. The van der Waals surface area contributed by atoms with Gasteiger partial charge in [0.05, 0.1) is 15.4 Å². The van der Waals surface area contributed by atoms with Crippen LogP contribution in [0.3, 0.4) is 0 Å². The van der Waals surface area contributed by atoms with Gasteiger partial charge in [-0.3, -0.25) is 20.2 Å². The average molecular weight is 337 g/mol. The second-order valence-electron chi connectivity index (χ2n) is 5.18. The number of nitro benzene ring substituents is 1. The molecule has 0 aliphatic heterocycles. The lowest BCUT2D eigenvalue weighted by atomic mass is 10.1. The van der Waals surface area contributed by atoms with E-state index in [0.717, 1.165) is 29.7 Å². The molecular formula is C17H11N3O5. The molecule has 0 spiro atoms. The summed E-state index contributed by atoms with van der Waals surface area (Å²) in [4.78, 5) is 25.3. The largest absolute Gasteiger partial charge is 0.507 e. The molecule has 0 atom stereocenters. The Morgan fingerprint density at radius 1 is 1.04 bits per heavy atom. The molecule has 8 heteroatoms. The molecule has 25 heavy (non-hydrogen) atoms. The summed E-state index contributed by atoms with van der Waals surface area (Å²) in [5.41, 5.74) is -0.0127. The third-order valence-corrected chi connectivity index (χ3v) is 3.57. The molecule has 0 aliphatic carbocycles. The summed E-state index contributed by atoms with van der Waals surface area (Å²) in [5.74, 6) is -0.300. The first-order chi connectivity index (χ1) is 12.0. The van der Waals surface area contributed by atoms with Crippen molar-refractivity contribution in [3.63, 3.8) is 0 Å². The van der Waals surface area contributed by atoms with E-state index < -0.39 is 9.85 Å². The lowest BCUT2D eigenvalue weighted by molar-refractivity contribution is -0.384. The molecule has 3 aromatic rings. The smallest absolute Gasteiger partial charge is 0.295 e. The van der Waals surface area contributed by atoms with Crippen molar-refractivity contribution < 1.29 is 15.0 Å². The van der Waals surface area contributed by atoms with Crippen LogP contribution in [0.1, 0.15) is 11.3 Å². The third-order valence-electron chi connectivity index (χ3n) is 3.57. The highest BCUT2D eigenvalue weighted by molar-refractivity contribution is 5.83. The Balaban J connectivity index is 2.15. The van der Waals surface area contributed by atoms with Crippen molar-refractivity contribution in [3.8, 4) is 5.75 Å². The molecule has 0 aliphatic rings. The van der Waals surface area contributed by atoms with Crippen LogP contribution in [0.25, 0.3) is 22.7 Å². The first-order valence-corrected chi connectivity index (χ1v) is 7.15. The van der Waals surface area contributed by atoms with Gasteiger partial charge in [-0.15, -0.1) is 0 Å². The van der Waals surface area contributed by atoms with Gasteiger partial charge in [0, 0.05) is 29.2 Å². The van der Waals surface area contributed by atoms with Gasteiger partial charge in [-0.05, 0) is 18.2 Å². The number of nitro groups is 2. The van der Waals surface area contributed by atoms with Crippen LogP contribution < -0.4 is 0 Å². The minimum Gasteiger partial charge on any atom is -0.507 e. The number of pyridine rings is 1. The summed E-state index contributed by atoms with van der Waals surface area (Å²) in [6.45, 7) is 0. The van der Waals surface area contributed by atoms with Crippen molar-refractivity contribution in [2.24, 2.45) is 0 Å². The van der Waals surface area contributed by atoms with Gasteiger partial charge in [0.2, 0.25) is 0 Å². The monoisotopic (exact) mass is 337 g/mol. The van der Waals surface area contributed by atoms with E-state index in [9.17, 15) is 25.3 Å². The number of hydrogen-bond acceptors (Lipinski definition) is 6. The lowest BCUT2D eigenvalue weighted by Gasteiger charge is -2.03. The quantitative estimate of drug-likeness (QED) is 0.573. The topological polar surface area (TPSA) is 119 Å². The summed E-state index contributed by atoms with van der Waals surface area (Å²) in [5, 5.41) is 33.0. The van der Waals surface area contributed by atoms with E-state index in [4.69, 9.17) is 0 Å². The van der Waals surface area contributed by atoms with Crippen molar-refractivity contribution >= 4 is 28.4 Å². The van der Waals surface area contributed by atoms with Gasteiger partial charge in [-0.25, -0.2) is 4.98 Å². The standard InChI is InChI=1S/C17H11N3O5/c21-17-8-6-13(19(22)23)9-12(17)10-16(20(24)25)15-7-5-11-3-1-2-4-14(11)18-15/h1-10,21H/b16-10-. The van der Waals surface area contributed by atoms with Crippen LogP contribution in [-0.2, 0) is 0 Å². The van der Waals surface area contributed by atoms with Crippen LogP contribution in [0.5, 0.6) is 5.75 Å². The molecular weight excluding hydrogens is 326 g/mol. The normalized spacial score (nSPS) is 11.4. The highest BCUT2D eigenvalue weighted by atomic mass is 16.6. The Hall–Kier alpha value is -3.81. The molecule has 1 aromatic heterocycles. The number of rotatable bonds is 4. The fourth-order valence-corrected chi connectivity index (χ4v) is 2.35. The van der Waals surface area contributed by atoms with Crippen LogP contribution in [0.15, 0.2) is 54.6 Å². The number of phenols is 1. The number of fused-ring (bicyclic) bond motifs is 1. The molecule has 0 unspecified atom stereocenters. The van der Waals surface area contributed by atoms with E-state index in [0.29, 0.717) is 5.52 Å². The van der Waals surface area contributed by atoms with Crippen molar-refractivity contribution in [2.75, 3.05) is 0 Å². The highest BCUT2D eigenvalue weighted by Gasteiger charge is 2.19. The summed E-state index contributed by atoms with van der Waals surface area (Å²) >= 11 is 0. The average Bonchev–Trinajstić information content (AvgIpc) is 2.60. The maximum atomic E-state index is 11.5. The molecule has 1 heterocycles.